The van der Waals surface area contributed by atoms with E-state index in [9.17, 15) is 10.2 Å². The van der Waals surface area contributed by atoms with Gasteiger partial charge >= 0.3 is 6.01 Å². The van der Waals surface area contributed by atoms with Gasteiger partial charge in [0.2, 0.25) is 0 Å². The average Bonchev–Trinajstić information content (AvgIpc) is 4.08. The molecule has 0 aliphatic carbocycles. The third-order valence-corrected chi connectivity index (χ3v) is 16.0. The average molecular weight is 1070 g/mol. The lowest BCUT2D eigenvalue weighted by molar-refractivity contribution is 0.188. The topological polar surface area (TPSA) is 182 Å². The lowest BCUT2D eigenvalue weighted by atomic mass is 9.94. The number of anilines is 2. The van der Waals surface area contributed by atoms with Gasteiger partial charge in [0.1, 0.15) is 29.1 Å². The Morgan fingerprint density at radius 2 is 1.34 bits per heavy atom. The molecular weight excluding hydrogens is 1040 g/mol. The van der Waals surface area contributed by atoms with Crippen molar-refractivity contribution in [3.8, 4) is 60.9 Å². The first-order valence-electron chi connectivity index (χ1n) is 21.4. The number of halogens is 6. The van der Waals surface area contributed by atoms with Crippen molar-refractivity contribution in [2.45, 2.75) is 29.8 Å². The smallest absolute Gasteiger partial charge is 0.317 e. The van der Waals surface area contributed by atoms with E-state index in [1.54, 1.807) is 48.7 Å². The SMILES string of the molecule is CN1CCC[C@H]1COc1nc(-c2cnc(N)s2)c2cc(Cl)c(-c3cc(O)cc4c(CSc5nc(-c6cnc(N)s6)c6cc(Cl)c(-c7cc(O)cc8cccc(Cl)c78)c(F)c6n5)ccc(Cl)c34)c(F)c2n1. The first-order valence-corrected chi connectivity index (χ1v) is 25.5. The minimum Gasteiger partial charge on any atom is -0.508 e. The number of nitrogen functional groups attached to an aromatic ring is 2. The van der Waals surface area contributed by atoms with E-state index < -0.39 is 11.6 Å². The summed E-state index contributed by atoms with van der Waals surface area (Å²) in [5.41, 5.74) is 13.7. The molecule has 1 aliphatic heterocycles. The Hall–Kier alpha value is -5.89. The number of aromatic hydroxyl groups is 2. The van der Waals surface area contributed by atoms with Crippen LogP contribution in [0.25, 0.3) is 86.7 Å². The van der Waals surface area contributed by atoms with Crippen molar-refractivity contribution in [1.29, 1.82) is 0 Å². The van der Waals surface area contributed by atoms with Gasteiger partial charge < -0.3 is 31.3 Å². The van der Waals surface area contributed by atoms with Crippen LogP contribution >= 0.6 is 80.8 Å². The van der Waals surface area contributed by atoms with Crippen molar-refractivity contribution < 1.29 is 23.7 Å². The van der Waals surface area contributed by atoms with Crippen LogP contribution in [-0.2, 0) is 5.75 Å². The molecule has 1 aliphatic rings. The van der Waals surface area contributed by atoms with E-state index >= 15 is 8.78 Å². The number of hydrogen-bond donors (Lipinski definition) is 4. The molecule has 0 radical (unpaired) electrons. The van der Waals surface area contributed by atoms with Crippen LogP contribution in [0.5, 0.6) is 17.5 Å². The maximum atomic E-state index is 17.5. The molecule has 6 N–H and O–H groups in total. The fourth-order valence-corrected chi connectivity index (χ4v) is 12.4. The Bertz CT molecular complexity index is 3810. The van der Waals surface area contributed by atoms with E-state index in [4.69, 9.17) is 72.6 Å². The molecule has 1 atom stereocenters. The molecule has 6 aromatic carbocycles. The maximum Gasteiger partial charge on any atom is 0.317 e. The molecule has 4 aromatic heterocycles. The number of likely N-dealkylation sites (N-methyl/N-ethyl adjacent to an activating group) is 1. The predicted molar refractivity (Wildman–Crippen MR) is 280 cm³/mol. The maximum absolute atomic E-state index is 17.5. The molecule has 5 heterocycles. The molecule has 10 aromatic rings. The number of fused-ring (bicyclic) bond motifs is 4. The molecule has 0 amide bonds. The van der Waals surface area contributed by atoms with Crippen LogP contribution in [0.3, 0.4) is 0 Å². The van der Waals surface area contributed by atoms with E-state index in [0.717, 1.165) is 30.7 Å². The number of phenolic OH excluding ortho intramolecular Hbond substituents is 2. The van der Waals surface area contributed by atoms with E-state index in [0.29, 0.717) is 75.8 Å². The number of phenols is 2. The van der Waals surface area contributed by atoms with Crippen molar-refractivity contribution >= 4 is 134 Å². The third kappa shape index (κ3) is 8.31. The van der Waals surface area contributed by atoms with E-state index in [1.165, 1.54) is 53.6 Å². The first kappa shape index (κ1) is 46.5. The zero-order valence-corrected chi connectivity index (χ0v) is 41.7. The minimum atomic E-state index is -0.794. The standard InChI is InChI=1S/C49H33Cl4F2N9O3S3/c1-64-9-3-5-22(64)18-67-48-60-42(34-16-58-46(56)69-34)28-14-33(53)39(40(54)44(28)61-48)27-13-24(66)11-25-21(7-8-31(51)37(25)27)19-68-49-62-43(35-17-59-47(57)70-35)29-15-32(52)38(41(55)45(29)63-49)26-12-23(65)10-20-4-2-6-30(50)36(20)26/h2,4,6-8,10-17,22,65-66H,3,5,9,18-19H2,1H3,(H2,56,58)(H2,57,59)/t22-/m0/s1. The van der Waals surface area contributed by atoms with Crippen molar-refractivity contribution in [3.05, 3.63) is 116 Å². The largest absolute Gasteiger partial charge is 0.508 e. The molecule has 0 spiro atoms. The van der Waals surface area contributed by atoms with Crippen LogP contribution in [0.15, 0.2) is 84.3 Å². The second kappa shape index (κ2) is 18.4. The second-order valence-corrected chi connectivity index (χ2v) is 21.2. The Kier molecular flexibility index (Phi) is 12.2. The number of nitrogens with zero attached hydrogens (tertiary/aromatic N) is 7. The fraction of sp³-hybridized carbons (Fsp3) is 0.143. The van der Waals surface area contributed by atoms with Crippen molar-refractivity contribution in [1.82, 2.24) is 34.8 Å². The molecule has 0 bridgehead atoms. The van der Waals surface area contributed by atoms with Crippen molar-refractivity contribution in [3.63, 3.8) is 0 Å². The molecule has 1 saturated heterocycles. The van der Waals surface area contributed by atoms with Gasteiger partial charge in [0.25, 0.3) is 0 Å². The van der Waals surface area contributed by atoms with Gasteiger partial charge in [-0.2, -0.15) is 9.97 Å². The summed E-state index contributed by atoms with van der Waals surface area (Å²) in [6, 6.07) is 17.7. The molecule has 0 unspecified atom stereocenters. The van der Waals surface area contributed by atoms with Gasteiger partial charge in [0.05, 0.1) is 31.2 Å². The van der Waals surface area contributed by atoms with Gasteiger partial charge in [-0.15, -0.1) is 0 Å². The zero-order valence-electron chi connectivity index (χ0n) is 36.2. The number of thioether (sulfide) groups is 1. The fourth-order valence-electron chi connectivity index (χ4n) is 9.02. The summed E-state index contributed by atoms with van der Waals surface area (Å²) >= 11 is 31.1. The lowest BCUT2D eigenvalue weighted by Crippen LogP contribution is -2.30. The number of nitrogens with two attached hydrogens (primary N) is 2. The molecule has 12 nitrogen and oxygen atoms in total. The van der Waals surface area contributed by atoms with E-state index in [-0.39, 0.29) is 87.9 Å². The van der Waals surface area contributed by atoms with Crippen LogP contribution in [0, 0.1) is 11.6 Å². The van der Waals surface area contributed by atoms with Gasteiger partial charge in [-0.25, -0.2) is 28.7 Å². The highest BCUT2D eigenvalue weighted by Gasteiger charge is 2.28. The summed E-state index contributed by atoms with van der Waals surface area (Å²) in [5, 5.41) is 26.0. The highest BCUT2D eigenvalue weighted by atomic mass is 35.5. The van der Waals surface area contributed by atoms with Gasteiger partial charge in [0, 0.05) is 66.9 Å². The Morgan fingerprint density at radius 1 is 0.729 bits per heavy atom. The van der Waals surface area contributed by atoms with Crippen LogP contribution in [0.2, 0.25) is 20.1 Å². The lowest BCUT2D eigenvalue weighted by Gasteiger charge is -2.19. The van der Waals surface area contributed by atoms with Gasteiger partial charge in [-0.05, 0) is 102 Å². The number of rotatable bonds is 10. The molecular formula is C49H33Cl4F2N9O3S3. The highest BCUT2D eigenvalue weighted by Crippen LogP contribution is 2.48. The summed E-state index contributed by atoms with van der Waals surface area (Å²) in [6.07, 6.45) is 5.05. The predicted octanol–water partition coefficient (Wildman–Crippen LogP) is 13.7. The summed E-state index contributed by atoms with van der Waals surface area (Å²) in [7, 11) is 2.02. The quantitative estimate of drug-likeness (QED) is 0.0751. The van der Waals surface area contributed by atoms with Crippen LogP contribution in [0.1, 0.15) is 18.4 Å². The number of benzene rings is 6. The van der Waals surface area contributed by atoms with Gasteiger partial charge in [0.15, 0.2) is 27.1 Å². The van der Waals surface area contributed by atoms with Crippen molar-refractivity contribution in [2.75, 3.05) is 31.7 Å². The number of thiazole rings is 2. The number of hydrogen-bond acceptors (Lipinski definition) is 15. The number of aromatic nitrogens is 6. The van der Waals surface area contributed by atoms with Crippen LogP contribution in [0.4, 0.5) is 19.0 Å². The third-order valence-electron chi connectivity index (χ3n) is 12.3. The van der Waals surface area contributed by atoms with E-state index in [1.807, 2.05) is 7.05 Å². The van der Waals surface area contributed by atoms with Crippen LogP contribution < -0.4 is 16.2 Å². The zero-order chi connectivity index (χ0) is 48.7. The van der Waals surface area contributed by atoms with Gasteiger partial charge in [-0.1, -0.05) is 99.0 Å². The minimum absolute atomic E-state index is 0.000360. The Labute approximate surface area is 428 Å². The van der Waals surface area contributed by atoms with Crippen molar-refractivity contribution in [2.24, 2.45) is 0 Å². The monoisotopic (exact) mass is 1070 g/mol. The normalized spacial score (nSPS) is 14.2. The summed E-state index contributed by atoms with van der Waals surface area (Å²) in [4.78, 5) is 30.6. The number of ether oxygens (including phenoxy) is 1. The molecule has 352 valence electrons. The molecule has 70 heavy (non-hydrogen) atoms. The molecule has 0 saturated carbocycles. The van der Waals surface area contributed by atoms with Crippen LogP contribution in [-0.4, -0.2) is 71.3 Å². The Balaban J connectivity index is 1.02. The number of likely N-dealkylation sites (tertiary alicyclic amines) is 1. The summed E-state index contributed by atoms with van der Waals surface area (Å²) in [6.45, 7) is 1.23. The first-order chi connectivity index (χ1) is 33.7. The van der Waals surface area contributed by atoms with Gasteiger partial charge in [-0.3, -0.25) is 0 Å². The summed E-state index contributed by atoms with van der Waals surface area (Å²) < 4.78 is 40.9. The molecule has 1 fully saturated rings. The second-order valence-electron chi connectivity index (χ2n) is 16.6. The molecule has 21 heteroatoms. The Morgan fingerprint density at radius 3 is 1.97 bits per heavy atom. The van der Waals surface area contributed by atoms with E-state index in [2.05, 4.69) is 24.8 Å². The molecule has 11 rings (SSSR count). The summed E-state index contributed by atoms with van der Waals surface area (Å²) in [5.74, 6) is -1.71. The highest BCUT2D eigenvalue weighted by molar-refractivity contribution is 7.98.